The normalized spacial score (nSPS) is 16.7. The Hall–Kier alpha value is -8.63. The summed E-state index contributed by atoms with van der Waals surface area (Å²) < 4.78 is 19.9. The van der Waals surface area contributed by atoms with Crippen molar-refractivity contribution in [2.24, 2.45) is 0 Å². The third-order valence-corrected chi connectivity index (χ3v) is 11.7. The fraction of sp³-hybridized carbons (Fsp3) is 0.0227. The van der Waals surface area contributed by atoms with Crippen molar-refractivity contribution in [1.82, 2.24) is 19.9 Å². The second-order valence-corrected chi connectivity index (χ2v) is 14.9. The van der Waals surface area contributed by atoms with E-state index in [0.717, 1.165) is 0 Å². The number of ether oxygens (including phenoxy) is 4. The lowest BCUT2D eigenvalue weighted by atomic mass is 9.96. The average Bonchev–Trinajstić information content (AvgIpc) is 4.10. The molecule has 3 aromatic heterocycles. The number of H-pyrrole nitrogens is 2. The molecule has 4 aromatic carbocycles. The minimum atomic E-state index is -1.51. The first kappa shape index (κ1) is 32.5. The number of rotatable bonds is 0. The van der Waals surface area contributed by atoms with E-state index in [1.807, 2.05) is 0 Å². The molecular weight excluding hydrogens is 777 g/mol. The Labute approximate surface area is 330 Å². The molecule has 1 unspecified atom stereocenters. The van der Waals surface area contributed by atoms with Gasteiger partial charge in [0.15, 0.2) is 0 Å². The first-order valence-electron chi connectivity index (χ1n) is 18.2. The first-order valence-corrected chi connectivity index (χ1v) is 18.2. The molecule has 6 aliphatic rings. The monoisotopic (exact) mass is 792 g/mol. The summed E-state index contributed by atoms with van der Waals surface area (Å²) in [6.45, 7) is 0. The molecule has 7 aromatic rings. The van der Waals surface area contributed by atoms with Crippen molar-refractivity contribution in [1.29, 1.82) is 0 Å². The zero-order valence-electron chi connectivity index (χ0n) is 29.8. The molecule has 3 N–H and O–H groups in total. The van der Waals surface area contributed by atoms with Crippen molar-refractivity contribution in [2.45, 2.75) is 6.29 Å². The topological polar surface area (TPSA) is 234 Å². The highest BCUT2D eigenvalue weighted by Gasteiger charge is 2.36. The summed E-state index contributed by atoms with van der Waals surface area (Å²) in [7, 11) is 0. The molecule has 16 heteroatoms. The molecule has 0 saturated heterocycles. The summed E-state index contributed by atoms with van der Waals surface area (Å²) in [4.78, 5) is 106. The SMILES string of the molecule is O=C1OC(=O)c2cc3c(cc21)-c1cc2[nH]c(cc4nc(cc5[nH]c(cc-3n1)c1cc3c(cc51)C(=O)OC3=O)-c1cc3c(cc1-4)C(=O)OC3O)c1cc3c(cc21)C(=O)OC3=O. The predicted molar refractivity (Wildman–Crippen MR) is 204 cm³/mol. The largest absolute Gasteiger partial charge is 0.428 e. The molecule has 0 amide bonds. The zero-order chi connectivity index (χ0) is 40.6. The number of benzene rings is 4. The molecule has 1 atom stereocenters. The molecule has 60 heavy (non-hydrogen) atoms. The van der Waals surface area contributed by atoms with Crippen LogP contribution in [-0.2, 0) is 18.9 Å². The Bertz CT molecular complexity index is 3650. The predicted octanol–water partition coefficient (Wildman–Crippen LogP) is 6.38. The van der Waals surface area contributed by atoms with Gasteiger partial charge in [0.2, 0.25) is 6.29 Å². The lowest BCUT2D eigenvalue weighted by Gasteiger charge is -2.05. The van der Waals surface area contributed by atoms with Gasteiger partial charge in [0.25, 0.3) is 0 Å². The second kappa shape index (κ2) is 10.6. The summed E-state index contributed by atoms with van der Waals surface area (Å²) >= 11 is 0. The Morgan fingerprint density at radius 2 is 0.667 bits per heavy atom. The number of aliphatic hydroxyl groups excluding tert-OH is 1. The van der Waals surface area contributed by atoms with Crippen molar-refractivity contribution >= 4 is 85.4 Å². The van der Waals surface area contributed by atoms with Gasteiger partial charge in [-0.25, -0.2) is 43.5 Å². The lowest BCUT2D eigenvalue weighted by molar-refractivity contribution is -0.0548. The zero-order valence-corrected chi connectivity index (χ0v) is 29.8. The van der Waals surface area contributed by atoms with Gasteiger partial charge in [-0.1, -0.05) is 0 Å². The maximum absolute atomic E-state index is 12.9. The summed E-state index contributed by atoms with van der Waals surface area (Å²) in [5.74, 6) is -5.60. The fourth-order valence-electron chi connectivity index (χ4n) is 8.86. The number of hydrogen-bond acceptors (Lipinski definition) is 14. The third kappa shape index (κ3) is 4.12. The number of fused-ring (bicyclic) bond motifs is 24. The van der Waals surface area contributed by atoms with Crippen LogP contribution in [0.3, 0.4) is 0 Å². The quantitative estimate of drug-likeness (QED) is 0.0859. The van der Waals surface area contributed by atoms with Gasteiger partial charge in [-0.3, -0.25) is 0 Å². The van der Waals surface area contributed by atoms with E-state index in [0.29, 0.717) is 88.6 Å². The summed E-state index contributed by atoms with van der Waals surface area (Å²) in [5.41, 5.74) is 5.84. The van der Waals surface area contributed by atoms with E-state index in [9.17, 15) is 38.7 Å². The highest BCUT2D eigenvalue weighted by atomic mass is 16.6. The maximum atomic E-state index is 12.9. The van der Waals surface area contributed by atoms with E-state index in [-0.39, 0.29) is 44.5 Å². The van der Waals surface area contributed by atoms with Crippen LogP contribution in [0.2, 0.25) is 0 Å². The number of nitrogens with one attached hydrogen (secondary N) is 2. The molecule has 0 spiro atoms. The number of esters is 7. The molecule has 9 heterocycles. The number of aromatic nitrogens is 4. The standard InChI is InChI=1S/C44H16N4O12/c49-37-21-1-13-14(2-22(21)38(50)57-37)30-10-32-17-5-25-26(42(54)59-41(25)53)6-18(17)34(47-32)12-36-20-8-28-27(43(55)60-44(28)56)7-19(20)35(48-36)11-33-16-4-24-23(39(51)58-40(24)52)3-15(16)31(46-33)9-29(13)45-30/h1-12,37,46-47,49H. The number of cyclic esters (lactones) is 7. The summed E-state index contributed by atoms with van der Waals surface area (Å²) in [6.07, 6.45) is -1.51. The first-order chi connectivity index (χ1) is 28.9. The molecule has 16 nitrogen and oxygen atoms in total. The maximum Gasteiger partial charge on any atom is 0.346 e. The molecule has 8 bridgehead atoms. The van der Waals surface area contributed by atoms with E-state index < -0.39 is 48.1 Å². The van der Waals surface area contributed by atoms with Crippen molar-refractivity contribution in [3.8, 4) is 45.0 Å². The minimum Gasteiger partial charge on any atom is -0.428 e. The number of aliphatic hydroxyl groups is 1. The van der Waals surface area contributed by atoms with Crippen LogP contribution in [0.25, 0.3) is 88.6 Å². The molecule has 13 rings (SSSR count). The molecule has 6 aliphatic heterocycles. The average molecular weight is 793 g/mol. The van der Waals surface area contributed by atoms with Gasteiger partial charge in [0.05, 0.1) is 61.7 Å². The summed E-state index contributed by atoms with van der Waals surface area (Å²) in [5, 5.41) is 12.7. The van der Waals surface area contributed by atoms with Crippen molar-refractivity contribution in [3.05, 3.63) is 117 Å². The summed E-state index contributed by atoms with van der Waals surface area (Å²) in [6, 6.07) is 19.2. The van der Waals surface area contributed by atoms with Gasteiger partial charge in [0, 0.05) is 71.4 Å². The van der Waals surface area contributed by atoms with E-state index in [1.54, 1.807) is 54.6 Å². The fourth-order valence-corrected chi connectivity index (χ4v) is 8.86. The van der Waals surface area contributed by atoms with E-state index in [1.165, 1.54) is 18.2 Å². The lowest BCUT2D eigenvalue weighted by Crippen LogP contribution is -1.96. The Kier molecular flexibility index (Phi) is 5.76. The van der Waals surface area contributed by atoms with Gasteiger partial charge in [0.1, 0.15) is 0 Å². The highest BCUT2D eigenvalue weighted by Crippen LogP contribution is 2.45. The van der Waals surface area contributed by atoms with Crippen LogP contribution in [0, 0.1) is 0 Å². The van der Waals surface area contributed by atoms with Crippen molar-refractivity contribution in [3.63, 3.8) is 0 Å². The van der Waals surface area contributed by atoms with Crippen molar-refractivity contribution in [2.75, 3.05) is 0 Å². The molecule has 284 valence electrons. The number of nitrogens with zero attached hydrogens (tertiary/aromatic N) is 2. The second-order valence-electron chi connectivity index (χ2n) is 14.9. The Balaban J connectivity index is 1.22. The van der Waals surface area contributed by atoms with E-state index >= 15 is 0 Å². The van der Waals surface area contributed by atoms with Gasteiger partial charge in [-0.2, -0.15) is 0 Å². The molecule has 0 saturated carbocycles. The van der Waals surface area contributed by atoms with Crippen LogP contribution in [-0.4, -0.2) is 66.8 Å². The Morgan fingerprint density at radius 3 is 1.02 bits per heavy atom. The van der Waals surface area contributed by atoms with Gasteiger partial charge < -0.3 is 34.0 Å². The smallest absolute Gasteiger partial charge is 0.346 e. The third-order valence-electron chi connectivity index (χ3n) is 11.7. The number of carbonyl (C=O) groups excluding carboxylic acids is 7. The van der Waals surface area contributed by atoms with Crippen LogP contribution in [0.5, 0.6) is 0 Å². The molecular formula is C44H16N4O12. The van der Waals surface area contributed by atoms with E-state index in [2.05, 4.69) is 9.97 Å². The Morgan fingerprint density at radius 1 is 0.367 bits per heavy atom. The number of hydrogen-bond donors (Lipinski definition) is 3. The molecule has 0 radical (unpaired) electrons. The van der Waals surface area contributed by atoms with Crippen LogP contribution >= 0.6 is 0 Å². The van der Waals surface area contributed by atoms with Crippen LogP contribution < -0.4 is 0 Å². The van der Waals surface area contributed by atoms with Crippen molar-refractivity contribution < 1.29 is 57.6 Å². The number of aromatic amines is 2. The number of carbonyl (C=O) groups is 7. The minimum absolute atomic E-state index is 0.0463. The van der Waals surface area contributed by atoms with Gasteiger partial charge >= 0.3 is 41.8 Å². The van der Waals surface area contributed by atoms with Gasteiger partial charge in [-0.05, 0) is 72.8 Å². The highest BCUT2D eigenvalue weighted by molar-refractivity contribution is 6.22. The molecule has 0 aliphatic carbocycles. The van der Waals surface area contributed by atoms with Crippen LogP contribution in [0.4, 0.5) is 0 Å². The van der Waals surface area contributed by atoms with Crippen LogP contribution in [0.15, 0.2) is 72.8 Å². The van der Waals surface area contributed by atoms with Crippen LogP contribution in [0.1, 0.15) is 84.4 Å². The molecule has 0 fully saturated rings. The van der Waals surface area contributed by atoms with Gasteiger partial charge in [-0.15, -0.1) is 0 Å². The van der Waals surface area contributed by atoms with E-state index in [4.69, 9.17) is 28.9 Å².